The summed E-state index contributed by atoms with van der Waals surface area (Å²) in [4.78, 5) is 9.17. The Morgan fingerprint density at radius 2 is 1.17 bits per heavy atom. The minimum Gasteiger partial charge on any atom is -0.507 e. The first-order valence-corrected chi connectivity index (χ1v) is 9.58. The first-order valence-electron chi connectivity index (χ1n) is 9.58. The van der Waals surface area contributed by atoms with Crippen LogP contribution in [0.25, 0.3) is 21.5 Å². The molecule has 144 valence electrons. The van der Waals surface area contributed by atoms with Crippen molar-refractivity contribution in [3.05, 3.63) is 83.9 Å². The molecule has 0 heterocycles. The summed E-state index contributed by atoms with van der Waals surface area (Å²) in [5.41, 5.74) is 1.94. The van der Waals surface area contributed by atoms with Gasteiger partial charge in [-0.05, 0) is 42.0 Å². The largest absolute Gasteiger partial charge is 0.507 e. The Labute approximate surface area is 169 Å². The Morgan fingerprint density at radius 1 is 0.690 bits per heavy atom. The van der Waals surface area contributed by atoms with Crippen LogP contribution in [0.3, 0.4) is 0 Å². The van der Waals surface area contributed by atoms with Gasteiger partial charge in [-0.2, -0.15) is 0 Å². The molecule has 0 amide bonds. The van der Waals surface area contributed by atoms with Gasteiger partial charge in [-0.15, -0.1) is 0 Å². The number of hydrogen-bond donors (Lipinski definition) is 2. The molecule has 2 N–H and O–H groups in total. The molecule has 4 nitrogen and oxygen atoms in total. The van der Waals surface area contributed by atoms with E-state index < -0.39 is 0 Å². The third-order valence-corrected chi connectivity index (χ3v) is 4.94. The molecule has 0 aliphatic carbocycles. The van der Waals surface area contributed by atoms with E-state index in [-0.39, 0.29) is 17.5 Å². The maximum absolute atomic E-state index is 10.0. The number of nitrogens with zero attached hydrogens (tertiary/aromatic N) is 2. The van der Waals surface area contributed by atoms with Gasteiger partial charge in [0.25, 0.3) is 0 Å². The number of benzene rings is 4. The van der Waals surface area contributed by atoms with Gasteiger partial charge in [0.1, 0.15) is 11.5 Å². The molecule has 1 atom stereocenters. The fraction of sp³-hybridized carbons (Fsp3) is 0.120. The molecule has 0 radical (unpaired) electrons. The Balaban J connectivity index is 1.49. The van der Waals surface area contributed by atoms with Gasteiger partial charge in [0.15, 0.2) is 0 Å². The second-order valence-electron chi connectivity index (χ2n) is 7.06. The van der Waals surface area contributed by atoms with Crippen LogP contribution >= 0.6 is 0 Å². The molecule has 0 saturated heterocycles. The molecule has 0 aliphatic rings. The van der Waals surface area contributed by atoms with E-state index in [4.69, 9.17) is 0 Å². The summed E-state index contributed by atoms with van der Waals surface area (Å²) < 4.78 is 0. The highest BCUT2D eigenvalue weighted by molar-refractivity contribution is 6.03. The molecule has 4 rings (SSSR count). The molecule has 29 heavy (non-hydrogen) atoms. The zero-order chi connectivity index (χ0) is 20.2. The van der Waals surface area contributed by atoms with Crippen molar-refractivity contribution in [2.75, 3.05) is 6.54 Å². The van der Waals surface area contributed by atoms with E-state index in [0.717, 1.165) is 32.7 Å². The first kappa shape index (κ1) is 18.7. The molecule has 0 aliphatic heterocycles. The van der Waals surface area contributed by atoms with Crippen LogP contribution in [0.5, 0.6) is 11.5 Å². The molecule has 4 aromatic rings. The lowest BCUT2D eigenvalue weighted by Crippen LogP contribution is -2.04. The normalized spacial score (nSPS) is 13.0. The predicted molar refractivity (Wildman–Crippen MR) is 121 cm³/mol. The van der Waals surface area contributed by atoms with E-state index in [2.05, 4.69) is 9.98 Å². The lowest BCUT2D eigenvalue weighted by atomic mass is 10.0. The van der Waals surface area contributed by atoms with E-state index in [1.54, 1.807) is 12.1 Å². The first-order chi connectivity index (χ1) is 14.1. The molecular weight excluding hydrogens is 360 g/mol. The van der Waals surface area contributed by atoms with Crippen molar-refractivity contribution in [2.24, 2.45) is 9.98 Å². The predicted octanol–water partition coefficient (Wildman–Crippen LogP) is 5.33. The average Bonchev–Trinajstić information content (AvgIpc) is 2.75. The maximum atomic E-state index is 10.0. The van der Waals surface area contributed by atoms with E-state index >= 15 is 0 Å². The number of phenols is 2. The number of phenolic OH excluding ortho intramolecular Hbond substituents is 2. The van der Waals surface area contributed by atoms with E-state index in [1.165, 1.54) is 0 Å². The van der Waals surface area contributed by atoms with Gasteiger partial charge in [-0.3, -0.25) is 9.98 Å². The summed E-state index contributed by atoms with van der Waals surface area (Å²) in [5.74, 6) is 0.549. The number of fused-ring (bicyclic) bond motifs is 2. The number of aromatic hydroxyl groups is 2. The molecule has 0 spiro atoms. The maximum Gasteiger partial charge on any atom is 0.123 e. The highest BCUT2D eigenvalue weighted by Crippen LogP contribution is 2.27. The summed E-state index contributed by atoms with van der Waals surface area (Å²) in [6.07, 6.45) is 3.68. The van der Waals surface area contributed by atoms with Crippen LogP contribution in [-0.2, 0) is 0 Å². The van der Waals surface area contributed by atoms with E-state index in [1.807, 2.05) is 80.0 Å². The van der Waals surface area contributed by atoms with Crippen LogP contribution in [0.15, 0.2) is 82.8 Å². The molecule has 0 bridgehead atoms. The topological polar surface area (TPSA) is 65.2 Å². The van der Waals surface area contributed by atoms with E-state index in [0.29, 0.717) is 6.54 Å². The minimum atomic E-state index is 0.0159. The number of hydrogen-bond acceptors (Lipinski definition) is 4. The molecule has 4 heteroatoms. The minimum absolute atomic E-state index is 0.0159. The Kier molecular flexibility index (Phi) is 5.25. The van der Waals surface area contributed by atoms with Crippen LogP contribution in [0.2, 0.25) is 0 Å². The van der Waals surface area contributed by atoms with E-state index in [9.17, 15) is 10.2 Å². The third-order valence-electron chi connectivity index (χ3n) is 4.94. The summed E-state index contributed by atoms with van der Waals surface area (Å²) in [7, 11) is 0. The van der Waals surface area contributed by atoms with Gasteiger partial charge >= 0.3 is 0 Å². The smallest absolute Gasteiger partial charge is 0.123 e. The quantitative estimate of drug-likeness (QED) is 0.458. The molecule has 4 aromatic carbocycles. The molecule has 0 aromatic heterocycles. The van der Waals surface area contributed by atoms with Crippen LogP contribution in [0, 0.1) is 0 Å². The number of aliphatic imine (C=N–C) groups is 2. The van der Waals surface area contributed by atoms with Crippen molar-refractivity contribution in [3.8, 4) is 11.5 Å². The van der Waals surface area contributed by atoms with Crippen molar-refractivity contribution >= 4 is 34.0 Å². The zero-order valence-corrected chi connectivity index (χ0v) is 16.2. The van der Waals surface area contributed by atoms with Gasteiger partial charge in [0.2, 0.25) is 0 Å². The van der Waals surface area contributed by atoms with Gasteiger partial charge in [0.05, 0.1) is 12.6 Å². The molecular formula is C25H22N2O2. The Morgan fingerprint density at radius 3 is 1.72 bits per heavy atom. The average molecular weight is 382 g/mol. The standard InChI is InChI=1S/C25H22N2O2/c1-17(27-16-19-11-13-25(29)23-9-5-3-7-21(19)23)14-26-15-18-10-12-24(28)22-8-4-2-6-20(18)22/h2-13,15-17,28-29H,14H2,1H3. The van der Waals surface area contributed by atoms with Crippen molar-refractivity contribution in [1.82, 2.24) is 0 Å². The fourth-order valence-electron chi connectivity index (χ4n) is 3.40. The van der Waals surface area contributed by atoms with Crippen molar-refractivity contribution in [3.63, 3.8) is 0 Å². The Hall–Kier alpha value is -3.66. The lowest BCUT2D eigenvalue weighted by Gasteiger charge is -2.06. The third kappa shape index (κ3) is 3.97. The number of rotatable bonds is 5. The second-order valence-corrected chi connectivity index (χ2v) is 7.06. The fourth-order valence-corrected chi connectivity index (χ4v) is 3.40. The van der Waals surface area contributed by atoms with Gasteiger partial charge < -0.3 is 10.2 Å². The van der Waals surface area contributed by atoms with Crippen LogP contribution in [0.4, 0.5) is 0 Å². The monoisotopic (exact) mass is 382 g/mol. The van der Waals surface area contributed by atoms with Gasteiger partial charge in [0, 0.05) is 34.3 Å². The van der Waals surface area contributed by atoms with Crippen LogP contribution in [0.1, 0.15) is 18.1 Å². The van der Waals surface area contributed by atoms with Crippen LogP contribution in [-0.4, -0.2) is 35.2 Å². The Bertz CT molecular complexity index is 1230. The summed E-state index contributed by atoms with van der Waals surface area (Å²) >= 11 is 0. The van der Waals surface area contributed by atoms with Crippen LogP contribution < -0.4 is 0 Å². The van der Waals surface area contributed by atoms with Gasteiger partial charge in [-0.1, -0.05) is 48.5 Å². The highest BCUT2D eigenvalue weighted by atomic mass is 16.3. The molecule has 1 unspecified atom stereocenters. The second kappa shape index (κ2) is 8.15. The summed E-state index contributed by atoms with van der Waals surface area (Å²) in [6.45, 7) is 2.58. The highest BCUT2D eigenvalue weighted by Gasteiger charge is 2.05. The SMILES string of the molecule is CC(CN=Cc1ccc(O)c2ccccc12)N=Cc1ccc(O)c2ccccc12. The van der Waals surface area contributed by atoms with Crippen molar-refractivity contribution in [2.45, 2.75) is 13.0 Å². The van der Waals surface area contributed by atoms with Crippen molar-refractivity contribution in [1.29, 1.82) is 0 Å². The zero-order valence-electron chi connectivity index (χ0n) is 16.2. The van der Waals surface area contributed by atoms with Crippen molar-refractivity contribution < 1.29 is 10.2 Å². The lowest BCUT2D eigenvalue weighted by molar-refractivity contribution is 0.481. The summed E-state index contributed by atoms with van der Waals surface area (Å²) in [6, 6.07) is 22.6. The molecule has 0 fully saturated rings. The molecule has 0 saturated carbocycles. The summed E-state index contributed by atoms with van der Waals surface area (Å²) in [5, 5.41) is 23.6. The van der Waals surface area contributed by atoms with Gasteiger partial charge in [-0.25, -0.2) is 0 Å².